The van der Waals surface area contributed by atoms with E-state index in [4.69, 9.17) is 10.8 Å². The molecular formula is C13H15N3O2. The zero-order valence-corrected chi connectivity index (χ0v) is 10.3. The van der Waals surface area contributed by atoms with E-state index in [0.29, 0.717) is 11.5 Å². The van der Waals surface area contributed by atoms with Crippen molar-refractivity contribution in [1.29, 1.82) is 0 Å². The minimum Gasteiger partial charge on any atom is -0.478 e. The quantitative estimate of drug-likeness (QED) is 0.802. The Morgan fingerprint density at radius 2 is 1.61 bits per heavy atom. The van der Waals surface area contributed by atoms with Crippen molar-refractivity contribution in [3.05, 3.63) is 53.3 Å². The topological polar surface area (TPSA) is 89.1 Å². The minimum atomic E-state index is -0.879. The normalized spacial score (nSPS) is 9.22. The number of carbonyl (C=O) groups is 1. The molecule has 5 heteroatoms. The molecule has 2 rings (SSSR count). The van der Waals surface area contributed by atoms with Gasteiger partial charge in [0.1, 0.15) is 0 Å². The molecule has 0 bridgehead atoms. The fourth-order valence-electron chi connectivity index (χ4n) is 1.33. The second kappa shape index (κ2) is 6.34. The summed E-state index contributed by atoms with van der Waals surface area (Å²) in [5.41, 5.74) is 7.50. The summed E-state index contributed by atoms with van der Waals surface area (Å²) < 4.78 is 0. The van der Waals surface area contributed by atoms with Crippen LogP contribution in [0.25, 0.3) is 0 Å². The van der Waals surface area contributed by atoms with Crippen LogP contribution in [-0.2, 0) is 0 Å². The third kappa shape index (κ3) is 4.61. The van der Waals surface area contributed by atoms with E-state index in [0.717, 1.165) is 11.4 Å². The maximum Gasteiger partial charge on any atom is 0.335 e. The fourth-order valence-corrected chi connectivity index (χ4v) is 1.33. The molecular weight excluding hydrogens is 230 g/mol. The van der Waals surface area contributed by atoms with Crippen LogP contribution in [0.5, 0.6) is 0 Å². The van der Waals surface area contributed by atoms with Crippen LogP contribution in [0.1, 0.15) is 21.7 Å². The van der Waals surface area contributed by atoms with E-state index in [1.807, 2.05) is 19.9 Å². The lowest BCUT2D eigenvalue weighted by Gasteiger charge is -1.94. The first-order valence-corrected chi connectivity index (χ1v) is 5.35. The number of carboxylic acid groups (broad SMARTS) is 1. The van der Waals surface area contributed by atoms with Gasteiger partial charge in [-0.2, -0.15) is 0 Å². The van der Waals surface area contributed by atoms with Gasteiger partial charge in [0.05, 0.1) is 5.56 Å². The van der Waals surface area contributed by atoms with Crippen molar-refractivity contribution in [2.75, 3.05) is 5.73 Å². The third-order valence-electron chi connectivity index (χ3n) is 2.02. The van der Waals surface area contributed by atoms with Gasteiger partial charge in [-0.1, -0.05) is 18.2 Å². The summed E-state index contributed by atoms with van der Waals surface area (Å²) in [4.78, 5) is 18.0. The maximum absolute atomic E-state index is 10.2. The number of nitrogens with two attached hydrogens (primary N) is 1. The number of hydrogen-bond acceptors (Lipinski definition) is 4. The van der Waals surface area contributed by atoms with Gasteiger partial charge in [0.2, 0.25) is 5.95 Å². The van der Waals surface area contributed by atoms with Crippen LogP contribution >= 0.6 is 0 Å². The Morgan fingerprint density at radius 3 is 1.94 bits per heavy atom. The number of aromatic nitrogens is 2. The van der Waals surface area contributed by atoms with E-state index in [-0.39, 0.29) is 0 Å². The van der Waals surface area contributed by atoms with Gasteiger partial charge in [-0.05, 0) is 32.0 Å². The fraction of sp³-hybridized carbons (Fsp3) is 0.154. The van der Waals surface area contributed by atoms with E-state index in [1.165, 1.54) is 0 Å². The molecule has 3 N–H and O–H groups in total. The molecule has 18 heavy (non-hydrogen) atoms. The molecule has 94 valence electrons. The number of aryl methyl sites for hydroxylation is 2. The Morgan fingerprint density at radius 1 is 1.11 bits per heavy atom. The van der Waals surface area contributed by atoms with Crippen LogP contribution in [0.15, 0.2) is 36.4 Å². The summed E-state index contributed by atoms with van der Waals surface area (Å²) in [7, 11) is 0. The second-order valence-corrected chi connectivity index (χ2v) is 3.68. The molecule has 5 nitrogen and oxygen atoms in total. The van der Waals surface area contributed by atoms with Crippen molar-refractivity contribution in [3.63, 3.8) is 0 Å². The molecule has 0 atom stereocenters. The lowest BCUT2D eigenvalue weighted by Crippen LogP contribution is -1.97. The summed E-state index contributed by atoms with van der Waals surface area (Å²) in [6.45, 7) is 3.79. The third-order valence-corrected chi connectivity index (χ3v) is 2.02. The van der Waals surface area contributed by atoms with Crippen molar-refractivity contribution in [2.45, 2.75) is 13.8 Å². The Balaban J connectivity index is 0.000000180. The Kier molecular flexibility index (Phi) is 4.80. The standard InChI is InChI=1S/C7H6O2.C6H9N3/c8-7(9)6-4-2-1-3-5-6;1-4-3-5(2)9-6(7)8-4/h1-5H,(H,8,9);3H,1-2H3,(H2,7,8,9). The molecule has 2 aromatic rings. The Hall–Kier alpha value is -2.43. The number of nitrogens with zero attached hydrogens (tertiary/aromatic N) is 2. The molecule has 1 aromatic carbocycles. The van der Waals surface area contributed by atoms with Crippen LogP contribution in [0.3, 0.4) is 0 Å². The predicted molar refractivity (Wildman–Crippen MR) is 69.3 cm³/mol. The van der Waals surface area contributed by atoms with Crippen molar-refractivity contribution >= 4 is 11.9 Å². The highest BCUT2D eigenvalue weighted by Crippen LogP contribution is 1.98. The molecule has 0 aliphatic heterocycles. The smallest absolute Gasteiger partial charge is 0.335 e. The lowest BCUT2D eigenvalue weighted by molar-refractivity contribution is 0.0697. The van der Waals surface area contributed by atoms with Crippen LogP contribution in [0, 0.1) is 13.8 Å². The molecule has 0 aliphatic carbocycles. The largest absolute Gasteiger partial charge is 0.478 e. The summed E-state index contributed by atoms with van der Waals surface area (Å²) in [6, 6.07) is 10.2. The number of nitrogen functional groups attached to an aromatic ring is 1. The zero-order chi connectivity index (χ0) is 13.5. The van der Waals surface area contributed by atoms with Gasteiger partial charge >= 0.3 is 5.97 Å². The van der Waals surface area contributed by atoms with Gasteiger partial charge in [-0.15, -0.1) is 0 Å². The van der Waals surface area contributed by atoms with Gasteiger partial charge in [-0.25, -0.2) is 14.8 Å². The molecule has 0 fully saturated rings. The second-order valence-electron chi connectivity index (χ2n) is 3.68. The van der Waals surface area contributed by atoms with Gasteiger partial charge in [0, 0.05) is 11.4 Å². The Bertz CT molecular complexity index is 477. The molecule has 0 unspecified atom stereocenters. The highest BCUT2D eigenvalue weighted by Gasteiger charge is 1.96. The van der Waals surface area contributed by atoms with E-state index in [9.17, 15) is 4.79 Å². The summed E-state index contributed by atoms with van der Waals surface area (Å²) in [5, 5.41) is 8.38. The van der Waals surface area contributed by atoms with Crippen molar-refractivity contribution in [2.24, 2.45) is 0 Å². The van der Waals surface area contributed by atoms with Gasteiger partial charge in [-0.3, -0.25) is 0 Å². The zero-order valence-electron chi connectivity index (χ0n) is 10.3. The van der Waals surface area contributed by atoms with Crippen molar-refractivity contribution in [1.82, 2.24) is 9.97 Å². The minimum absolute atomic E-state index is 0.331. The van der Waals surface area contributed by atoms with Gasteiger partial charge in [0.25, 0.3) is 0 Å². The van der Waals surface area contributed by atoms with Crippen molar-refractivity contribution < 1.29 is 9.90 Å². The molecule has 0 amide bonds. The van der Waals surface area contributed by atoms with Gasteiger partial charge < -0.3 is 10.8 Å². The molecule has 0 aliphatic rings. The lowest BCUT2D eigenvalue weighted by atomic mass is 10.2. The maximum atomic E-state index is 10.2. The first kappa shape index (κ1) is 13.6. The van der Waals surface area contributed by atoms with Crippen LogP contribution < -0.4 is 5.73 Å². The highest BCUT2D eigenvalue weighted by atomic mass is 16.4. The number of carboxylic acids is 1. The number of aromatic carboxylic acids is 1. The van der Waals surface area contributed by atoms with E-state index in [1.54, 1.807) is 30.3 Å². The van der Waals surface area contributed by atoms with E-state index in [2.05, 4.69) is 9.97 Å². The number of benzene rings is 1. The average Bonchev–Trinajstić information content (AvgIpc) is 2.29. The SMILES string of the molecule is Cc1cc(C)nc(N)n1.O=C(O)c1ccccc1. The molecule has 1 heterocycles. The predicted octanol–water partition coefficient (Wildman–Crippen LogP) is 2.06. The molecule has 1 aromatic heterocycles. The van der Waals surface area contributed by atoms with E-state index >= 15 is 0 Å². The molecule has 0 saturated heterocycles. The van der Waals surface area contributed by atoms with E-state index < -0.39 is 5.97 Å². The summed E-state index contributed by atoms with van der Waals surface area (Å²) in [6.07, 6.45) is 0. The number of rotatable bonds is 1. The monoisotopic (exact) mass is 245 g/mol. The number of anilines is 1. The molecule has 0 saturated carbocycles. The van der Waals surface area contributed by atoms with Crippen molar-refractivity contribution in [3.8, 4) is 0 Å². The summed E-state index contributed by atoms with van der Waals surface area (Å²) in [5.74, 6) is -0.525. The first-order valence-electron chi connectivity index (χ1n) is 5.35. The highest BCUT2D eigenvalue weighted by molar-refractivity contribution is 5.87. The summed E-state index contributed by atoms with van der Waals surface area (Å²) >= 11 is 0. The van der Waals surface area contributed by atoms with Gasteiger partial charge in [0.15, 0.2) is 0 Å². The number of hydrogen-bond donors (Lipinski definition) is 2. The first-order chi connectivity index (χ1) is 8.49. The average molecular weight is 245 g/mol. The van der Waals surface area contributed by atoms with Crippen LogP contribution in [0.2, 0.25) is 0 Å². The van der Waals surface area contributed by atoms with Crippen LogP contribution in [-0.4, -0.2) is 21.0 Å². The molecule has 0 spiro atoms. The Labute approximate surface area is 105 Å². The van der Waals surface area contributed by atoms with Crippen LogP contribution in [0.4, 0.5) is 5.95 Å². The molecule has 0 radical (unpaired) electrons.